The van der Waals surface area contributed by atoms with E-state index in [2.05, 4.69) is 0 Å². The van der Waals surface area contributed by atoms with Crippen LogP contribution >= 0.6 is 0 Å². The summed E-state index contributed by atoms with van der Waals surface area (Å²) in [6, 6.07) is 17.0. The van der Waals surface area contributed by atoms with Crippen LogP contribution in [-0.2, 0) is 26.4 Å². The third-order valence-electron chi connectivity index (χ3n) is 6.62. The fourth-order valence-electron chi connectivity index (χ4n) is 4.54. The Morgan fingerprint density at radius 3 is 2.19 bits per heavy atom. The predicted octanol–water partition coefficient (Wildman–Crippen LogP) is 3.95. The third-order valence-corrected chi connectivity index (χ3v) is 10.7. The van der Waals surface area contributed by atoms with Crippen LogP contribution in [0.15, 0.2) is 54.6 Å². The minimum absolute atomic E-state index is 0.0431. The lowest BCUT2D eigenvalue weighted by Gasteiger charge is -2.37. The van der Waals surface area contributed by atoms with Gasteiger partial charge in [0.2, 0.25) is 10.0 Å². The second-order valence-corrected chi connectivity index (χ2v) is 13.3. The summed E-state index contributed by atoms with van der Waals surface area (Å²) in [4.78, 5) is 0. The van der Waals surface area contributed by atoms with E-state index in [0.29, 0.717) is 32.4 Å². The highest BCUT2D eigenvalue weighted by molar-refractivity contribution is 7.91. The van der Waals surface area contributed by atoms with Crippen molar-refractivity contribution in [1.29, 1.82) is 0 Å². The van der Waals surface area contributed by atoms with Crippen molar-refractivity contribution in [2.24, 2.45) is 5.92 Å². The molecule has 4 rings (SSSR count). The second kappa shape index (κ2) is 9.53. The van der Waals surface area contributed by atoms with Gasteiger partial charge in [-0.3, -0.25) is 0 Å². The molecule has 32 heavy (non-hydrogen) atoms. The summed E-state index contributed by atoms with van der Waals surface area (Å²) in [6.45, 7) is 2.82. The number of sulfonamides is 1. The molecule has 2 aromatic rings. The van der Waals surface area contributed by atoms with Crippen molar-refractivity contribution in [3.8, 4) is 5.75 Å². The summed E-state index contributed by atoms with van der Waals surface area (Å²) in [5.41, 5.74) is 1.77. The topological polar surface area (TPSA) is 80.8 Å². The standard InChI is InChI=1S/C24H31NO5S2/c1-19-7-12-24(22-5-3-2-4-6-22)32(28,29)25(19)17-20-8-10-23(11-9-20)30-18-21-13-15-31(26,27)16-14-21/h2-6,8-11,19,21,24H,7,12-18H2,1H3/t19-,24+/m0/s1. The van der Waals surface area contributed by atoms with Gasteiger partial charge in [0.1, 0.15) is 20.8 Å². The molecule has 2 aliphatic rings. The molecule has 2 heterocycles. The number of benzene rings is 2. The molecule has 0 saturated carbocycles. The van der Waals surface area contributed by atoms with Gasteiger partial charge in [0, 0.05) is 12.6 Å². The molecule has 0 radical (unpaired) electrons. The lowest BCUT2D eigenvalue weighted by atomic mass is 10.0. The van der Waals surface area contributed by atoms with Gasteiger partial charge in [-0.15, -0.1) is 0 Å². The number of ether oxygens (including phenoxy) is 1. The molecule has 8 heteroatoms. The van der Waals surface area contributed by atoms with E-state index in [-0.39, 0.29) is 23.5 Å². The minimum Gasteiger partial charge on any atom is -0.493 e. The maximum absolute atomic E-state index is 13.4. The van der Waals surface area contributed by atoms with Crippen LogP contribution in [-0.4, -0.2) is 45.3 Å². The molecular weight excluding hydrogens is 446 g/mol. The first-order valence-corrected chi connectivity index (χ1v) is 14.5. The maximum atomic E-state index is 13.4. The molecule has 0 aliphatic carbocycles. The lowest BCUT2D eigenvalue weighted by molar-refractivity contribution is 0.238. The Morgan fingerprint density at radius 1 is 0.875 bits per heavy atom. The number of sulfone groups is 1. The van der Waals surface area contributed by atoms with Crippen LogP contribution in [0, 0.1) is 5.92 Å². The smallest absolute Gasteiger partial charge is 0.221 e. The lowest BCUT2D eigenvalue weighted by Crippen LogP contribution is -2.44. The number of rotatable bonds is 6. The van der Waals surface area contributed by atoms with E-state index in [4.69, 9.17) is 4.74 Å². The molecule has 0 bridgehead atoms. The van der Waals surface area contributed by atoms with Gasteiger partial charge in [-0.1, -0.05) is 42.5 Å². The Hall–Kier alpha value is -1.90. The van der Waals surface area contributed by atoms with E-state index >= 15 is 0 Å². The highest BCUT2D eigenvalue weighted by Crippen LogP contribution is 2.38. The predicted molar refractivity (Wildman–Crippen MR) is 126 cm³/mol. The quantitative estimate of drug-likeness (QED) is 0.629. The van der Waals surface area contributed by atoms with Crippen LogP contribution in [0.4, 0.5) is 0 Å². The van der Waals surface area contributed by atoms with Crippen molar-refractivity contribution in [3.63, 3.8) is 0 Å². The second-order valence-electron chi connectivity index (χ2n) is 8.97. The average Bonchev–Trinajstić information content (AvgIpc) is 2.77. The summed E-state index contributed by atoms with van der Waals surface area (Å²) < 4.78 is 57.4. The molecule has 0 unspecified atom stereocenters. The van der Waals surface area contributed by atoms with Gasteiger partial charge >= 0.3 is 0 Å². The van der Waals surface area contributed by atoms with Gasteiger partial charge in [-0.25, -0.2) is 16.8 Å². The zero-order chi connectivity index (χ0) is 22.8. The molecule has 2 saturated heterocycles. The molecule has 0 aromatic heterocycles. The summed E-state index contributed by atoms with van der Waals surface area (Å²) in [5.74, 6) is 1.46. The normalized spacial score (nSPS) is 25.9. The van der Waals surface area contributed by atoms with E-state index in [1.807, 2.05) is 61.5 Å². The van der Waals surface area contributed by atoms with Crippen LogP contribution < -0.4 is 4.74 Å². The highest BCUT2D eigenvalue weighted by atomic mass is 32.2. The summed E-state index contributed by atoms with van der Waals surface area (Å²) in [5, 5.41) is -0.498. The first-order valence-electron chi connectivity index (χ1n) is 11.2. The highest BCUT2D eigenvalue weighted by Gasteiger charge is 2.40. The first kappa shape index (κ1) is 23.3. The Balaban J connectivity index is 1.39. The molecule has 2 atom stereocenters. The molecule has 0 spiro atoms. The zero-order valence-corrected chi connectivity index (χ0v) is 20.0. The number of hydrogen-bond acceptors (Lipinski definition) is 5. The monoisotopic (exact) mass is 477 g/mol. The Morgan fingerprint density at radius 2 is 1.53 bits per heavy atom. The summed E-state index contributed by atoms with van der Waals surface area (Å²) in [7, 11) is -6.32. The van der Waals surface area contributed by atoms with Gasteiger partial charge in [0.05, 0.1) is 18.1 Å². The van der Waals surface area contributed by atoms with Gasteiger partial charge < -0.3 is 4.74 Å². The SMILES string of the molecule is C[C@H]1CC[C@H](c2ccccc2)S(=O)(=O)N1Cc1ccc(OCC2CCS(=O)(=O)CC2)cc1. The molecule has 6 nitrogen and oxygen atoms in total. The average molecular weight is 478 g/mol. The minimum atomic E-state index is -3.46. The molecule has 2 aliphatic heterocycles. The number of nitrogens with zero attached hydrogens (tertiary/aromatic N) is 1. The fourth-order valence-corrected chi connectivity index (χ4v) is 8.33. The van der Waals surface area contributed by atoms with E-state index in [0.717, 1.165) is 23.3 Å². The van der Waals surface area contributed by atoms with Crippen molar-refractivity contribution in [2.45, 2.75) is 50.4 Å². The summed E-state index contributed by atoms with van der Waals surface area (Å²) in [6.07, 6.45) is 2.76. The number of hydrogen-bond donors (Lipinski definition) is 0. The Labute approximate surface area is 191 Å². The summed E-state index contributed by atoms with van der Waals surface area (Å²) >= 11 is 0. The van der Waals surface area contributed by atoms with Gasteiger partial charge in [0.15, 0.2) is 0 Å². The van der Waals surface area contributed by atoms with E-state index in [1.54, 1.807) is 4.31 Å². The Kier molecular flexibility index (Phi) is 6.93. The van der Waals surface area contributed by atoms with Crippen LogP contribution in [0.5, 0.6) is 5.75 Å². The first-order chi connectivity index (χ1) is 15.2. The van der Waals surface area contributed by atoms with E-state index < -0.39 is 25.1 Å². The molecule has 0 amide bonds. The Bertz CT molecular complexity index is 1100. The van der Waals surface area contributed by atoms with Crippen molar-refractivity contribution in [3.05, 3.63) is 65.7 Å². The molecule has 174 valence electrons. The van der Waals surface area contributed by atoms with Crippen molar-refractivity contribution >= 4 is 19.9 Å². The van der Waals surface area contributed by atoms with Crippen LogP contribution in [0.25, 0.3) is 0 Å². The van der Waals surface area contributed by atoms with Gasteiger partial charge in [-0.05, 0) is 61.8 Å². The maximum Gasteiger partial charge on any atom is 0.221 e. The largest absolute Gasteiger partial charge is 0.493 e. The molecule has 2 fully saturated rings. The van der Waals surface area contributed by atoms with Crippen molar-refractivity contribution in [1.82, 2.24) is 4.31 Å². The van der Waals surface area contributed by atoms with E-state index in [9.17, 15) is 16.8 Å². The van der Waals surface area contributed by atoms with Crippen LogP contribution in [0.1, 0.15) is 49.0 Å². The third kappa shape index (κ3) is 5.35. The van der Waals surface area contributed by atoms with Gasteiger partial charge in [-0.2, -0.15) is 4.31 Å². The zero-order valence-electron chi connectivity index (χ0n) is 18.4. The van der Waals surface area contributed by atoms with Crippen molar-refractivity contribution < 1.29 is 21.6 Å². The molecule has 0 N–H and O–H groups in total. The molecular formula is C24H31NO5S2. The van der Waals surface area contributed by atoms with Crippen LogP contribution in [0.2, 0.25) is 0 Å². The molecule has 2 aromatic carbocycles. The van der Waals surface area contributed by atoms with Crippen molar-refractivity contribution in [2.75, 3.05) is 18.1 Å². The fraction of sp³-hybridized carbons (Fsp3) is 0.500. The van der Waals surface area contributed by atoms with Gasteiger partial charge in [0.25, 0.3) is 0 Å². The van der Waals surface area contributed by atoms with E-state index in [1.165, 1.54) is 0 Å². The van der Waals surface area contributed by atoms with Crippen LogP contribution in [0.3, 0.4) is 0 Å².